The van der Waals surface area contributed by atoms with Crippen molar-refractivity contribution in [3.63, 3.8) is 0 Å². The number of para-hydroxylation sites is 1. The molecule has 5 nitrogen and oxygen atoms in total. The van der Waals surface area contributed by atoms with E-state index in [4.69, 9.17) is 4.74 Å². The Bertz CT molecular complexity index is 731. The van der Waals surface area contributed by atoms with Crippen LogP contribution >= 0.6 is 0 Å². The number of amides is 1. The van der Waals surface area contributed by atoms with Gasteiger partial charge in [-0.2, -0.15) is 0 Å². The van der Waals surface area contributed by atoms with Crippen molar-refractivity contribution in [3.05, 3.63) is 54.6 Å². The van der Waals surface area contributed by atoms with E-state index in [0.717, 1.165) is 30.0 Å². The van der Waals surface area contributed by atoms with Crippen molar-refractivity contribution in [1.82, 2.24) is 10.6 Å². The second-order valence-corrected chi connectivity index (χ2v) is 7.56. The molecule has 0 bridgehead atoms. The number of nitrogens with one attached hydrogen (secondary N) is 3. The first-order valence-electron chi connectivity index (χ1n) is 9.67. The first-order valence-corrected chi connectivity index (χ1v) is 9.67. The Kier molecular flexibility index (Phi) is 6.35. The molecule has 1 heterocycles. The molecular formula is C22H29N3O2. The molecule has 2 aromatic rings. The topological polar surface area (TPSA) is 62.4 Å². The minimum atomic E-state index is -0.274. The Morgan fingerprint density at radius 3 is 2.33 bits per heavy atom. The molecule has 1 aliphatic heterocycles. The summed E-state index contributed by atoms with van der Waals surface area (Å²) >= 11 is 0. The zero-order valence-corrected chi connectivity index (χ0v) is 16.2. The molecule has 5 heteroatoms. The van der Waals surface area contributed by atoms with Crippen LogP contribution in [-0.2, 0) is 4.79 Å². The Morgan fingerprint density at radius 1 is 1.04 bits per heavy atom. The van der Waals surface area contributed by atoms with Crippen LogP contribution < -0.4 is 20.7 Å². The van der Waals surface area contributed by atoms with Gasteiger partial charge >= 0.3 is 0 Å². The van der Waals surface area contributed by atoms with E-state index in [1.807, 2.05) is 54.6 Å². The highest BCUT2D eigenvalue weighted by atomic mass is 16.5. The average molecular weight is 367 g/mol. The Balaban J connectivity index is 1.54. The molecule has 3 N–H and O–H groups in total. The van der Waals surface area contributed by atoms with E-state index >= 15 is 0 Å². The van der Waals surface area contributed by atoms with Crippen LogP contribution in [-0.4, -0.2) is 18.2 Å². The Labute approximate surface area is 161 Å². The van der Waals surface area contributed by atoms with Crippen molar-refractivity contribution in [2.24, 2.45) is 11.8 Å². The summed E-state index contributed by atoms with van der Waals surface area (Å²) in [6.45, 7) is 6.46. The third-order valence-corrected chi connectivity index (χ3v) is 4.86. The van der Waals surface area contributed by atoms with Gasteiger partial charge in [-0.25, -0.2) is 0 Å². The summed E-state index contributed by atoms with van der Waals surface area (Å²) in [4.78, 5) is 12.5. The maximum Gasteiger partial charge on any atom is 0.227 e. The van der Waals surface area contributed by atoms with E-state index in [-0.39, 0.29) is 24.2 Å². The number of ether oxygens (including phenoxy) is 1. The molecule has 1 amide bonds. The highest BCUT2D eigenvalue weighted by molar-refractivity contribution is 5.80. The number of hydrogen-bond donors (Lipinski definition) is 3. The van der Waals surface area contributed by atoms with Gasteiger partial charge < -0.3 is 15.4 Å². The lowest BCUT2D eigenvalue weighted by atomic mass is 9.90. The van der Waals surface area contributed by atoms with Gasteiger partial charge in [-0.15, -0.1) is 0 Å². The number of rotatable bonds is 7. The molecule has 3 rings (SSSR count). The van der Waals surface area contributed by atoms with Gasteiger partial charge in [-0.05, 0) is 55.7 Å². The molecule has 3 atom stereocenters. The number of benzene rings is 2. The van der Waals surface area contributed by atoms with Crippen molar-refractivity contribution in [2.45, 2.75) is 45.9 Å². The second kappa shape index (κ2) is 8.91. The van der Waals surface area contributed by atoms with Crippen molar-refractivity contribution in [3.8, 4) is 11.5 Å². The van der Waals surface area contributed by atoms with Gasteiger partial charge in [0.1, 0.15) is 11.5 Å². The standard InChI is InChI=1S/C22H29N3O2/c1-15(2)9-14-20-16(3)23-22(25-21(20)26)24-17-10-12-19(13-11-17)27-18-7-5-4-6-8-18/h4-8,10-13,15-16,20,22-24H,9,14H2,1-3H3,(H,25,26). The largest absolute Gasteiger partial charge is 0.457 e. The van der Waals surface area contributed by atoms with Crippen LogP contribution in [0.2, 0.25) is 0 Å². The second-order valence-electron chi connectivity index (χ2n) is 7.56. The van der Waals surface area contributed by atoms with Crippen LogP contribution in [0.5, 0.6) is 11.5 Å². The van der Waals surface area contributed by atoms with Gasteiger partial charge in [-0.3, -0.25) is 10.1 Å². The van der Waals surface area contributed by atoms with Crippen LogP contribution in [0.4, 0.5) is 5.69 Å². The third kappa shape index (κ3) is 5.47. The van der Waals surface area contributed by atoms with Crippen molar-refractivity contribution < 1.29 is 9.53 Å². The molecule has 0 aromatic heterocycles. The number of carbonyl (C=O) groups is 1. The molecule has 3 unspecified atom stereocenters. The summed E-state index contributed by atoms with van der Waals surface area (Å²) in [6, 6.07) is 17.5. The fraction of sp³-hybridized carbons (Fsp3) is 0.409. The molecule has 0 radical (unpaired) electrons. The maximum absolute atomic E-state index is 12.5. The summed E-state index contributed by atoms with van der Waals surface area (Å²) in [5.74, 6) is 2.32. The first kappa shape index (κ1) is 19.2. The van der Waals surface area contributed by atoms with Crippen molar-refractivity contribution in [2.75, 3.05) is 5.32 Å². The van der Waals surface area contributed by atoms with Crippen LogP contribution in [0.1, 0.15) is 33.6 Å². The molecular weight excluding hydrogens is 338 g/mol. The average Bonchev–Trinajstić information content (AvgIpc) is 2.63. The molecule has 0 saturated carbocycles. The quantitative estimate of drug-likeness (QED) is 0.681. The zero-order chi connectivity index (χ0) is 19.2. The van der Waals surface area contributed by atoms with Gasteiger partial charge in [0.2, 0.25) is 5.91 Å². The smallest absolute Gasteiger partial charge is 0.227 e. The molecule has 1 saturated heterocycles. The van der Waals surface area contributed by atoms with E-state index in [0.29, 0.717) is 5.92 Å². The molecule has 1 fully saturated rings. The van der Waals surface area contributed by atoms with Crippen molar-refractivity contribution in [1.29, 1.82) is 0 Å². The van der Waals surface area contributed by atoms with Gasteiger partial charge in [0.15, 0.2) is 6.29 Å². The summed E-state index contributed by atoms with van der Waals surface area (Å²) in [5.41, 5.74) is 0.918. The summed E-state index contributed by atoms with van der Waals surface area (Å²) < 4.78 is 5.80. The van der Waals surface area contributed by atoms with Crippen LogP contribution in [0.15, 0.2) is 54.6 Å². The lowest BCUT2D eigenvalue weighted by Crippen LogP contribution is -2.63. The molecule has 144 valence electrons. The maximum atomic E-state index is 12.5. The zero-order valence-electron chi connectivity index (χ0n) is 16.2. The van der Waals surface area contributed by atoms with E-state index < -0.39 is 0 Å². The summed E-state index contributed by atoms with van der Waals surface area (Å²) in [5, 5.41) is 9.80. The van der Waals surface area contributed by atoms with Gasteiger partial charge in [0.25, 0.3) is 0 Å². The fourth-order valence-corrected chi connectivity index (χ4v) is 3.28. The van der Waals surface area contributed by atoms with Gasteiger partial charge in [0, 0.05) is 11.7 Å². The third-order valence-electron chi connectivity index (χ3n) is 4.86. The molecule has 0 spiro atoms. The van der Waals surface area contributed by atoms with E-state index in [1.54, 1.807) is 0 Å². The molecule has 27 heavy (non-hydrogen) atoms. The van der Waals surface area contributed by atoms with E-state index in [2.05, 4.69) is 36.7 Å². The number of hydrogen-bond acceptors (Lipinski definition) is 4. The minimum absolute atomic E-state index is 0.0205. The first-order chi connectivity index (χ1) is 13.0. The Morgan fingerprint density at radius 2 is 1.70 bits per heavy atom. The lowest BCUT2D eigenvalue weighted by Gasteiger charge is -2.36. The van der Waals surface area contributed by atoms with E-state index in [1.165, 1.54) is 0 Å². The highest BCUT2D eigenvalue weighted by Gasteiger charge is 2.32. The Hall–Kier alpha value is -2.53. The monoisotopic (exact) mass is 367 g/mol. The number of anilines is 1. The predicted molar refractivity (Wildman–Crippen MR) is 109 cm³/mol. The van der Waals surface area contributed by atoms with Gasteiger partial charge in [-0.1, -0.05) is 38.5 Å². The number of carbonyl (C=O) groups excluding carboxylic acids is 1. The fourth-order valence-electron chi connectivity index (χ4n) is 3.28. The minimum Gasteiger partial charge on any atom is -0.457 e. The van der Waals surface area contributed by atoms with E-state index in [9.17, 15) is 4.79 Å². The SMILES string of the molecule is CC(C)CCC1C(=O)NC(Nc2ccc(Oc3ccccc3)cc2)NC1C. The van der Waals surface area contributed by atoms with Crippen molar-refractivity contribution >= 4 is 11.6 Å². The predicted octanol–water partition coefficient (Wildman–Crippen LogP) is 4.33. The summed E-state index contributed by atoms with van der Waals surface area (Å²) in [6.07, 6.45) is 1.70. The summed E-state index contributed by atoms with van der Waals surface area (Å²) in [7, 11) is 0. The lowest BCUT2D eigenvalue weighted by molar-refractivity contribution is -0.129. The highest BCUT2D eigenvalue weighted by Crippen LogP contribution is 2.24. The molecule has 0 aliphatic carbocycles. The van der Waals surface area contributed by atoms with Crippen LogP contribution in [0.3, 0.4) is 0 Å². The normalized spacial score (nSPS) is 22.4. The van der Waals surface area contributed by atoms with Gasteiger partial charge in [0.05, 0.1) is 5.92 Å². The van der Waals surface area contributed by atoms with Crippen LogP contribution in [0.25, 0.3) is 0 Å². The molecule has 2 aromatic carbocycles. The molecule has 1 aliphatic rings. The van der Waals surface area contributed by atoms with Crippen LogP contribution in [0, 0.1) is 11.8 Å².